The largest absolute Gasteiger partial charge is 0.466 e. The van der Waals surface area contributed by atoms with Crippen molar-refractivity contribution in [2.45, 2.75) is 443 Å². The van der Waals surface area contributed by atoms with Gasteiger partial charge in [-0.1, -0.05) is 391 Å². The van der Waals surface area contributed by atoms with Crippen molar-refractivity contribution in [3.63, 3.8) is 0 Å². The molecule has 0 spiro atoms. The Morgan fingerprint density at radius 1 is 0.329 bits per heavy atom. The minimum atomic E-state index is -0.844. The Hall–Kier alpha value is -1.92. The summed E-state index contributed by atoms with van der Waals surface area (Å²) in [7, 11) is 0. The predicted octanol–water partition coefficient (Wildman–Crippen LogP) is 25.4. The Bertz CT molecular complexity index is 1380. The van der Waals surface area contributed by atoms with E-state index in [4.69, 9.17) is 4.74 Å². The Labute approximate surface area is 532 Å². The zero-order valence-electron chi connectivity index (χ0n) is 57.6. The van der Waals surface area contributed by atoms with Crippen LogP contribution in [0.1, 0.15) is 431 Å². The minimum Gasteiger partial charge on any atom is -0.466 e. The first-order valence-electron chi connectivity index (χ1n) is 38.8. The number of ether oxygens (including phenoxy) is 1. The molecule has 0 heterocycles. The number of carbonyl (C=O) groups is 2. The van der Waals surface area contributed by atoms with Gasteiger partial charge in [0.15, 0.2) is 0 Å². The second-order valence-corrected chi connectivity index (χ2v) is 26.7. The number of unbranched alkanes of at least 4 members (excludes halogenated alkanes) is 58. The van der Waals surface area contributed by atoms with Gasteiger partial charge in [-0.3, -0.25) is 9.59 Å². The molecule has 3 N–H and O–H groups in total. The third-order valence-corrected chi connectivity index (χ3v) is 18.2. The maximum Gasteiger partial charge on any atom is 0.305 e. The molecule has 6 nitrogen and oxygen atoms in total. The van der Waals surface area contributed by atoms with Crippen molar-refractivity contribution in [3.05, 3.63) is 36.5 Å². The lowest BCUT2D eigenvalue weighted by Crippen LogP contribution is -2.45. The van der Waals surface area contributed by atoms with Crippen LogP contribution in [0.5, 0.6) is 0 Å². The van der Waals surface area contributed by atoms with Crippen LogP contribution in [-0.4, -0.2) is 47.4 Å². The zero-order valence-corrected chi connectivity index (χ0v) is 57.6. The molecule has 0 bridgehead atoms. The fourth-order valence-electron chi connectivity index (χ4n) is 12.3. The van der Waals surface area contributed by atoms with E-state index in [-0.39, 0.29) is 18.5 Å². The van der Waals surface area contributed by atoms with Gasteiger partial charge in [0.05, 0.1) is 25.4 Å². The SMILES string of the molecule is CCCCC/C=C\C/C=C\CCCCCCCCCCCC(=O)OCCCCCCCCCCCCCCCCCCCCCCCCCCCCCCC(=O)NC(CO)C(O)/C=C/CCCCCCCCCCCCCCCCCCCCC. The first-order valence-corrected chi connectivity index (χ1v) is 38.8. The molecule has 2 unspecified atom stereocenters. The fourth-order valence-corrected chi connectivity index (χ4v) is 12.3. The fraction of sp³-hybridized carbons (Fsp3) is 0.899. The molecule has 0 radical (unpaired) electrons. The van der Waals surface area contributed by atoms with Crippen LogP contribution >= 0.6 is 0 Å². The standard InChI is InChI=1S/C79H151NO5/c1-3-5-7-9-11-13-15-17-19-21-23-32-36-39-43-47-51-55-59-63-67-71-77(82)76(75-81)80-78(83)72-68-64-60-56-52-48-44-40-37-33-30-28-26-24-25-27-29-31-34-38-42-46-50-54-58-62-66-70-74-85-79(84)73-69-65-61-57-53-49-45-41-35-22-20-18-16-14-12-10-8-6-4-2/h12,14,18,20,67,71,76-77,81-82H,3-11,13,15-17,19,21-66,68-70,72-75H2,1-2H3,(H,80,83)/b14-12-,20-18-,71-67+. The number of esters is 1. The highest BCUT2D eigenvalue weighted by Gasteiger charge is 2.18. The third kappa shape index (κ3) is 71.0. The number of aliphatic hydroxyl groups excluding tert-OH is 2. The van der Waals surface area contributed by atoms with Crippen molar-refractivity contribution in [2.75, 3.05) is 13.2 Å². The topological polar surface area (TPSA) is 95.9 Å². The minimum absolute atomic E-state index is 0.0155. The van der Waals surface area contributed by atoms with Crippen LogP contribution in [0.15, 0.2) is 36.5 Å². The van der Waals surface area contributed by atoms with Crippen LogP contribution in [-0.2, 0) is 14.3 Å². The normalized spacial score (nSPS) is 12.7. The molecule has 0 aromatic heterocycles. The molecule has 1 amide bonds. The molecule has 502 valence electrons. The van der Waals surface area contributed by atoms with Crippen molar-refractivity contribution < 1.29 is 24.5 Å². The molecule has 0 aliphatic rings. The number of rotatable bonds is 73. The van der Waals surface area contributed by atoms with E-state index in [0.717, 1.165) is 51.4 Å². The van der Waals surface area contributed by atoms with Crippen LogP contribution in [0.25, 0.3) is 0 Å². The van der Waals surface area contributed by atoms with Gasteiger partial charge < -0.3 is 20.3 Å². The van der Waals surface area contributed by atoms with Crippen LogP contribution in [0.3, 0.4) is 0 Å². The molecule has 0 saturated heterocycles. The number of hydrogen-bond acceptors (Lipinski definition) is 5. The summed E-state index contributed by atoms with van der Waals surface area (Å²) in [5.41, 5.74) is 0. The van der Waals surface area contributed by atoms with Crippen LogP contribution in [0.4, 0.5) is 0 Å². The summed E-state index contributed by atoms with van der Waals surface area (Å²) < 4.78 is 5.51. The smallest absolute Gasteiger partial charge is 0.305 e. The van der Waals surface area contributed by atoms with Crippen molar-refractivity contribution in [2.24, 2.45) is 0 Å². The van der Waals surface area contributed by atoms with Crippen molar-refractivity contribution in [3.8, 4) is 0 Å². The van der Waals surface area contributed by atoms with Crippen molar-refractivity contribution in [1.82, 2.24) is 5.32 Å². The molecule has 6 heteroatoms. The van der Waals surface area contributed by atoms with E-state index >= 15 is 0 Å². The Morgan fingerprint density at radius 2 is 0.588 bits per heavy atom. The molecule has 0 aromatic rings. The number of nitrogens with one attached hydrogen (secondary N) is 1. The van der Waals surface area contributed by atoms with Gasteiger partial charge in [0, 0.05) is 12.8 Å². The zero-order chi connectivity index (χ0) is 61.3. The molecule has 0 saturated carbocycles. The Morgan fingerprint density at radius 3 is 0.918 bits per heavy atom. The molecular formula is C79H151NO5. The first kappa shape index (κ1) is 83.1. The Kier molecular flexibility index (Phi) is 72.9. The first-order chi connectivity index (χ1) is 42.0. The summed E-state index contributed by atoms with van der Waals surface area (Å²) in [5, 5.41) is 23.3. The number of aliphatic hydroxyl groups is 2. The van der Waals surface area contributed by atoms with Gasteiger partial charge in [-0.25, -0.2) is 0 Å². The lowest BCUT2D eigenvalue weighted by Gasteiger charge is -2.20. The van der Waals surface area contributed by atoms with E-state index in [1.807, 2.05) is 6.08 Å². The van der Waals surface area contributed by atoms with E-state index in [1.54, 1.807) is 6.08 Å². The van der Waals surface area contributed by atoms with Gasteiger partial charge in [-0.15, -0.1) is 0 Å². The van der Waals surface area contributed by atoms with Crippen molar-refractivity contribution >= 4 is 11.9 Å². The number of amides is 1. The van der Waals surface area contributed by atoms with E-state index in [2.05, 4.69) is 43.5 Å². The molecule has 0 rings (SSSR count). The van der Waals surface area contributed by atoms with Crippen LogP contribution in [0, 0.1) is 0 Å². The maximum absolute atomic E-state index is 12.5. The Balaban J connectivity index is 3.36. The van der Waals surface area contributed by atoms with Gasteiger partial charge in [0.2, 0.25) is 5.91 Å². The van der Waals surface area contributed by atoms with E-state index in [0.29, 0.717) is 19.4 Å². The average Bonchev–Trinajstić information content (AvgIpc) is 3.51. The van der Waals surface area contributed by atoms with E-state index < -0.39 is 12.1 Å². The highest BCUT2D eigenvalue weighted by atomic mass is 16.5. The molecule has 0 aliphatic heterocycles. The van der Waals surface area contributed by atoms with Crippen LogP contribution in [0.2, 0.25) is 0 Å². The van der Waals surface area contributed by atoms with Crippen molar-refractivity contribution in [1.29, 1.82) is 0 Å². The summed E-state index contributed by atoms with van der Waals surface area (Å²) >= 11 is 0. The van der Waals surface area contributed by atoms with Gasteiger partial charge in [0.25, 0.3) is 0 Å². The maximum atomic E-state index is 12.5. The quantitative estimate of drug-likeness (QED) is 0.0320. The summed E-state index contributed by atoms with van der Waals surface area (Å²) in [5.74, 6) is -0.0450. The monoisotopic (exact) mass is 1190 g/mol. The molecule has 0 aromatic carbocycles. The third-order valence-electron chi connectivity index (χ3n) is 18.2. The highest BCUT2D eigenvalue weighted by Crippen LogP contribution is 2.20. The van der Waals surface area contributed by atoms with Gasteiger partial charge >= 0.3 is 5.97 Å². The second kappa shape index (κ2) is 74.5. The molecule has 2 atom stereocenters. The number of allylic oxidation sites excluding steroid dienone is 5. The lowest BCUT2D eigenvalue weighted by atomic mass is 10.0. The summed E-state index contributed by atoms with van der Waals surface area (Å²) in [4.78, 5) is 24.7. The summed E-state index contributed by atoms with van der Waals surface area (Å²) in [6, 6.07) is -0.627. The van der Waals surface area contributed by atoms with Crippen LogP contribution < -0.4 is 5.32 Å². The summed E-state index contributed by atoms with van der Waals surface area (Å²) in [6.07, 6.45) is 96.8. The average molecular weight is 1200 g/mol. The molecule has 0 aliphatic carbocycles. The highest BCUT2D eigenvalue weighted by molar-refractivity contribution is 5.76. The molecule has 0 fully saturated rings. The number of hydrogen-bond donors (Lipinski definition) is 3. The van der Waals surface area contributed by atoms with Gasteiger partial charge in [-0.2, -0.15) is 0 Å². The van der Waals surface area contributed by atoms with E-state index in [9.17, 15) is 19.8 Å². The number of carbonyl (C=O) groups excluding carboxylic acids is 2. The van der Waals surface area contributed by atoms with Gasteiger partial charge in [0.1, 0.15) is 0 Å². The molecular weight excluding hydrogens is 1040 g/mol. The molecule has 85 heavy (non-hydrogen) atoms. The van der Waals surface area contributed by atoms with E-state index in [1.165, 1.54) is 353 Å². The predicted molar refractivity (Wildman–Crippen MR) is 375 cm³/mol. The second-order valence-electron chi connectivity index (χ2n) is 26.7. The summed E-state index contributed by atoms with van der Waals surface area (Å²) in [6.45, 7) is 4.92. The van der Waals surface area contributed by atoms with Gasteiger partial charge in [-0.05, 0) is 64.2 Å². The lowest BCUT2D eigenvalue weighted by molar-refractivity contribution is -0.143.